The van der Waals surface area contributed by atoms with Crippen molar-refractivity contribution in [1.29, 1.82) is 0 Å². The first kappa shape index (κ1) is 24.7. The number of pyridine rings is 1. The lowest BCUT2D eigenvalue weighted by Crippen LogP contribution is -2.48. The minimum Gasteiger partial charge on any atom is -0.474 e. The molecule has 1 saturated carbocycles. The van der Waals surface area contributed by atoms with Crippen molar-refractivity contribution in [1.82, 2.24) is 20.3 Å². The van der Waals surface area contributed by atoms with E-state index in [1.807, 2.05) is 13.8 Å². The maximum atomic E-state index is 13.3. The van der Waals surface area contributed by atoms with E-state index in [1.165, 1.54) is 23.4 Å². The Balaban J connectivity index is 1.13. The van der Waals surface area contributed by atoms with Crippen molar-refractivity contribution in [3.05, 3.63) is 30.2 Å². The summed E-state index contributed by atoms with van der Waals surface area (Å²) in [6.45, 7) is 5.65. The highest BCUT2D eigenvalue weighted by Gasteiger charge is 2.58. The number of halogens is 2. The number of amides is 3. The lowest BCUT2D eigenvalue weighted by Gasteiger charge is -2.35. The van der Waals surface area contributed by atoms with Crippen LogP contribution in [0.1, 0.15) is 37.2 Å². The predicted octanol–water partition coefficient (Wildman–Crippen LogP) is 2.17. The zero-order chi connectivity index (χ0) is 26.7. The molecule has 3 fully saturated rings. The van der Waals surface area contributed by atoms with E-state index >= 15 is 0 Å². The van der Waals surface area contributed by atoms with Crippen molar-refractivity contribution < 1.29 is 32.6 Å². The first-order chi connectivity index (χ1) is 18.1. The topological polar surface area (TPSA) is 131 Å². The van der Waals surface area contributed by atoms with Crippen LogP contribution >= 0.6 is 0 Å². The van der Waals surface area contributed by atoms with Crippen molar-refractivity contribution in [2.75, 3.05) is 41.4 Å². The van der Waals surface area contributed by atoms with Gasteiger partial charge in [-0.25, -0.2) is 28.5 Å². The number of fused-ring (bicyclic) bond motifs is 4. The second-order valence-electron chi connectivity index (χ2n) is 10.2. The molecular weight excluding hydrogens is 504 g/mol. The van der Waals surface area contributed by atoms with Gasteiger partial charge in [0.25, 0.3) is 11.8 Å². The van der Waals surface area contributed by atoms with Crippen molar-refractivity contribution in [3.8, 4) is 5.88 Å². The first-order valence-electron chi connectivity index (χ1n) is 12.4. The fourth-order valence-corrected chi connectivity index (χ4v) is 4.85. The molecule has 0 aromatic carbocycles. The number of hydrogen-bond acceptors (Lipinski definition) is 9. The van der Waals surface area contributed by atoms with E-state index in [0.29, 0.717) is 31.1 Å². The third-order valence-corrected chi connectivity index (χ3v) is 6.88. The summed E-state index contributed by atoms with van der Waals surface area (Å²) in [5.74, 6) is -3.48. The summed E-state index contributed by atoms with van der Waals surface area (Å²) in [6, 6.07) is 1.32. The molecule has 4 aliphatic rings. The lowest BCUT2D eigenvalue weighted by atomic mass is 10.1. The largest absolute Gasteiger partial charge is 0.474 e. The van der Waals surface area contributed by atoms with Crippen molar-refractivity contribution in [2.45, 2.75) is 56.6 Å². The number of urea groups is 1. The van der Waals surface area contributed by atoms with Crippen LogP contribution < -0.4 is 25.2 Å². The molecule has 6 rings (SSSR count). The molecule has 0 radical (unpaired) electrons. The van der Waals surface area contributed by atoms with Crippen LogP contribution in [0.2, 0.25) is 0 Å². The summed E-state index contributed by atoms with van der Waals surface area (Å²) in [5, 5.41) is 5.02. The second kappa shape index (κ2) is 8.98. The van der Waals surface area contributed by atoms with Crippen molar-refractivity contribution in [3.63, 3.8) is 0 Å². The highest BCUT2D eigenvalue weighted by atomic mass is 19.3. The quantitative estimate of drug-likeness (QED) is 0.576. The fraction of sp³-hybridized carbons (Fsp3) is 0.542. The molecule has 2 N–H and O–H groups in total. The van der Waals surface area contributed by atoms with Crippen LogP contribution in [0.4, 0.5) is 30.9 Å². The molecule has 3 aliphatic heterocycles. The zero-order valence-electron chi connectivity index (χ0n) is 20.8. The smallest absolute Gasteiger partial charge is 0.329 e. The van der Waals surface area contributed by atoms with Crippen molar-refractivity contribution >= 4 is 29.3 Å². The third-order valence-electron chi connectivity index (χ3n) is 6.88. The molecule has 2 saturated heterocycles. The second-order valence-corrected chi connectivity index (χ2v) is 10.2. The van der Waals surface area contributed by atoms with Crippen LogP contribution in [-0.4, -0.2) is 83.1 Å². The summed E-state index contributed by atoms with van der Waals surface area (Å²) < 4.78 is 43.4. The van der Waals surface area contributed by atoms with Gasteiger partial charge < -0.3 is 24.4 Å². The van der Waals surface area contributed by atoms with Gasteiger partial charge in [-0.2, -0.15) is 0 Å². The number of aromatic nitrogens is 3. The molecule has 202 valence electrons. The Morgan fingerprint density at radius 2 is 2.05 bits per heavy atom. The molecule has 3 amide bonds. The molecule has 12 nitrogen and oxygen atoms in total. The minimum absolute atomic E-state index is 0.0342. The Morgan fingerprint density at radius 3 is 2.74 bits per heavy atom. The van der Waals surface area contributed by atoms with Gasteiger partial charge in [-0.1, -0.05) is 0 Å². The van der Waals surface area contributed by atoms with Gasteiger partial charge in [0.05, 0.1) is 36.8 Å². The molecule has 5 heterocycles. The highest BCUT2D eigenvalue weighted by molar-refractivity contribution is 6.05. The lowest BCUT2D eigenvalue weighted by molar-refractivity contribution is -0.141. The number of hydrogen-bond donors (Lipinski definition) is 2. The van der Waals surface area contributed by atoms with Gasteiger partial charge in [-0.3, -0.25) is 15.0 Å². The molecule has 1 unspecified atom stereocenters. The number of carbonyl (C=O) groups excluding carboxylic acids is 2. The highest BCUT2D eigenvalue weighted by Crippen LogP contribution is 2.42. The normalized spacial score (nSPS) is 26.1. The van der Waals surface area contributed by atoms with E-state index in [2.05, 4.69) is 30.5 Å². The van der Waals surface area contributed by atoms with Crippen LogP contribution in [0.15, 0.2) is 24.5 Å². The third kappa shape index (κ3) is 4.80. The molecule has 38 heavy (non-hydrogen) atoms. The molecule has 14 heteroatoms. The summed E-state index contributed by atoms with van der Waals surface area (Å²) >= 11 is 0. The Morgan fingerprint density at radius 1 is 1.24 bits per heavy atom. The molecule has 0 spiro atoms. The van der Waals surface area contributed by atoms with E-state index in [4.69, 9.17) is 14.2 Å². The van der Waals surface area contributed by atoms with Crippen LogP contribution in [0.25, 0.3) is 0 Å². The average molecular weight is 532 g/mol. The Labute approximate surface area is 216 Å². The number of carbonyl (C=O) groups is 2. The predicted molar refractivity (Wildman–Crippen MR) is 130 cm³/mol. The van der Waals surface area contributed by atoms with E-state index in [9.17, 15) is 18.4 Å². The average Bonchev–Trinajstić information content (AvgIpc) is 3.17. The van der Waals surface area contributed by atoms with Gasteiger partial charge in [-0.05, 0) is 32.4 Å². The van der Waals surface area contributed by atoms with Crippen LogP contribution in [0, 0.1) is 0 Å². The Bertz CT molecular complexity index is 1260. The van der Waals surface area contributed by atoms with E-state index < -0.39 is 29.7 Å². The van der Waals surface area contributed by atoms with E-state index in [1.54, 1.807) is 6.07 Å². The maximum Gasteiger partial charge on any atom is 0.329 e. The molecular formula is C24H27F2N7O5. The number of alkyl halides is 2. The van der Waals surface area contributed by atoms with Gasteiger partial charge in [0.1, 0.15) is 18.4 Å². The van der Waals surface area contributed by atoms with Gasteiger partial charge in [0, 0.05) is 19.5 Å². The summed E-state index contributed by atoms with van der Waals surface area (Å²) in [5.41, 5.74) is 0.659. The van der Waals surface area contributed by atoms with Gasteiger partial charge in [-0.15, -0.1) is 0 Å². The molecule has 2 aromatic heterocycles. The Hall–Kier alpha value is -3.65. The number of nitrogens with zero attached hydrogens (tertiary/aromatic N) is 5. The summed E-state index contributed by atoms with van der Waals surface area (Å²) in [6.07, 6.45) is 2.87. The molecule has 3 atom stereocenters. The zero-order valence-corrected chi connectivity index (χ0v) is 20.8. The van der Waals surface area contributed by atoms with Gasteiger partial charge >= 0.3 is 6.03 Å². The van der Waals surface area contributed by atoms with Crippen LogP contribution in [-0.2, 0) is 9.47 Å². The number of ether oxygens (including phenoxy) is 3. The van der Waals surface area contributed by atoms with Gasteiger partial charge in [0.15, 0.2) is 17.4 Å². The Kier molecular flexibility index (Phi) is 5.83. The van der Waals surface area contributed by atoms with Crippen molar-refractivity contribution in [2.24, 2.45) is 0 Å². The standard InChI is InChI=1S/C24H27F2N7O5/c1-23(2)37-12-14(38-23)11-36-19-9-27-18(8-28-19)31-22(35)33-13-5-6-32(10-13)16-4-3-15(29-20(16)33)21(34)30-17-7-24(17,25)26/h3-4,8-9,13-14,17H,5-7,10-12H2,1-2H3,(H,30,34)(H,27,31,35)/t13-,14-,17?/m0/s1. The monoisotopic (exact) mass is 531 g/mol. The minimum atomic E-state index is -2.89. The van der Waals surface area contributed by atoms with E-state index in [0.717, 1.165) is 6.54 Å². The van der Waals surface area contributed by atoms with Gasteiger partial charge in [0.2, 0.25) is 5.88 Å². The van der Waals surface area contributed by atoms with Crippen LogP contribution in [0.5, 0.6) is 5.88 Å². The number of anilines is 3. The summed E-state index contributed by atoms with van der Waals surface area (Å²) in [7, 11) is 0. The number of rotatable bonds is 6. The molecule has 2 aromatic rings. The summed E-state index contributed by atoms with van der Waals surface area (Å²) in [4.78, 5) is 42.3. The first-order valence-corrected chi connectivity index (χ1v) is 12.4. The fourth-order valence-electron chi connectivity index (χ4n) is 4.85. The number of nitrogens with one attached hydrogen (secondary N) is 2. The maximum absolute atomic E-state index is 13.3. The molecule has 2 bridgehead atoms. The molecule has 1 aliphatic carbocycles. The van der Waals surface area contributed by atoms with E-state index in [-0.39, 0.29) is 42.6 Å². The van der Waals surface area contributed by atoms with Crippen LogP contribution in [0.3, 0.4) is 0 Å². The SMILES string of the molecule is CC1(C)OC[C@H](COc2cnc(NC(=O)N3c4nc(C(=O)NC5CC5(F)F)ccc4N4CC[C@H]3C4)cn2)O1.